The molecule has 0 spiro atoms. The lowest BCUT2D eigenvalue weighted by molar-refractivity contribution is 0.00364. The monoisotopic (exact) mass is 268 g/mol. The van der Waals surface area contributed by atoms with Gasteiger partial charge in [-0.2, -0.15) is 5.26 Å². The van der Waals surface area contributed by atoms with Gasteiger partial charge in [0.2, 0.25) is 0 Å². The van der Waals surface area contributed by atoms with Crippen LogP contribution in [0.5, 0.6) is 0 Å². The summed E-state index contributed by atoms with van der Waals surface area (Å²) in [4.78, 5) is 2.22. The third kappa shape index (κ3) is 2.22. The molecule has 0 radical (unpaired) electrons. The maximum Gasteiger partial charge on any atom is 0.0998 e. The largest absolute Gasteiger partial charge is 0.394 e. The van der Waals surface area contributed by atoms with Crippen molar-refractivity contribution in [3.8, 4) is 6.07 Å². The molecular weight excluding hydrogens is 252 g/mol. The summed E-state index contributed by atoms with van der Waals surface area (Å²) in [6, 6.07) is 14.0. The fourth-order valence-corrected chi connectivity index (χ4v) is 2.71. The van der Waals surface area contributed by atoms with Crippen LogP contribution in [0.1, 0.15) is 5.56 Å². The summed E-state index contributed by atoms with van der Waals surface area (Å²) >= 11 is 0. The third-order valence-electron chi connectivity index (χ3n) is 3.70. The third-order valence-corrected chi connectivity index (χ3v) is 3.70. The number of hydrogen-bond acceptors (Lipinski definition) is 4. The number of anilines is 1. The van der Waals surface area contributed by atoms with Gasteiger partial charge >= 0.3 is 0 Å². The van der Waals surface area contributed by atoms with E-state index in [0.717, 1.165) is 23.0 Å². The summed E-state index contributed by atoms with van der Waals surface area (Å²) in [5, 5.41) is 20.5. The molecule has 4 nitrogen and oxygen atoms in total. The predicted molar refractivity (Wildman–Crippen MR) is 77.7 cm³/mol. The van der Waals surface area contributed by atoms with Crippen molar-refractivity contribution in [2.75, 3.05) is 31.2 Å². The average Bonchev–Trinajstić information content (AvgIpc) is 2.54. The highest BCUT2D eigenvalue weighted by Gasteiger charge is 2.21. The zero-order chi connectivity index (χ0) is 13.9. The Labute approximate surface area is 117 Å². The standard InChI is InChI=1S/C16H16N2O2/c17-9-12-5-6-16(15-4-2-1-3-14(12)15)18-7-8-20-13(10-18)11-19/h1-6,13,19H,7-8,10-11H2. The zero-order valence-corrected chi connectivity index (χ0v) is 11.1. The topological polar surface area (TPSA) is 56.5 Å². The smallest absolute Gasteiger partial charge is 0.0998 e. The number of morpholine rings is 1. The second-order valence-corrected chi connectivity index (χ2v) is 4.91. The fraction of sp³-hybridized carbons (Fsp3) is 0.312. The van der Waals surface area contributed by atoms with Crippen LogP contribution in [-0.4, -0.2) is 37.5 Å². The fourth-order valence-electron chi connectivity index (χ4n) is 2.71. The predicted octanol–water partition coefficient (Wildman–Crippen LogP) is 1.91. The number of nitrogens with zero attached hydrogens (tertiary/aromatic N) is 2. The van der Waals surface area contributed by atoms with E-state index in [1.54, 1.807) is 0 Å². The van der Waals surface area contributed by atoms with E-state index >= 15 is 0 Å². The van der Waals surface area contributed by atoms with Gasteiger partial charge in [0.05, 0.1) is 31.0 Å². The van der Waals surface area contributed by atoms with E-state index in [4.69, 9.17) is 4.74 Å². The minimum Gasteiger partial charge on any atom is -0.394 e. The first-order chi connectivity index (χ1) is 9.83. The van der Waals surface area contributed by atoms with E-state index in [1.165, 1.54) is 0 Å². The van der Waals surface area contributed by atoms with E-state index in [9.17, 15) is 10.4 Å². The summed E-state index contributed by atoms with van der Waals surface area (Å²) in [5.74, 6) is 0. The SMILES string of the molecule is N#Cc1ccc(N2CCOC(CO)C2)c2ccccc12. The van der Waals surface area contributed by atoms with E-state index in [0.29, 0.717) is 18.7 Å². The number of nitriles is 1. The molecule has 1 fully saturated rings. The molecule has 1 heterocycles. The number of benzene rings is 2. The van der Waals surface area contributed by atoms with Crippen molar-refractivity contribution in [3.05, 3.63) is 42.0 Å². The van der Waals surface area contributed by atoms with Crippen LogP contribution in [0.3, 0.4) is 0 Å². The molecule has 2 aromatic rings. The number of hydrogen-bond donors (Lipinski definition) is 1. The second kappa shape index (κ2) is 5.49. The summed E-state index contributed by atoms with van der Waals surface area (Å²) in [6.07, 6.45) is -0.141. The van der Waals surface area contributed by atoms with Crippen molar-refractivity contribution in [3.63, 3.8) is 0 Å². The van der Waals surface area contributed by atoms with Gasteiger partial charge in [-0.15, -0.1) is 0 Å². The summed E-state index contributed by atoms with van der Waals surface area (Å²) in [7, 11) is 0. The number of fused-ring (bicyclic) bond motifs is 1. The summed E-state index contributed by atoms with van der Waals surface area (Å²) in [5.41, 5.74) is 1.79. The van der Waals surface area contributed by atoms with Crippen molar-refractivity contribution in [2.24, 2.45) is 0 Å². The van der Waals surface area contributed by atoms with E-state index in [1.807, 2.05) is 36.4 Å². The molecule has 102 valence electrons. The Kier molecular flexibility index (Phi) is 3.55. The number of aliphatic hydroxyl groups excluding tert-OH is 1. The lowest BCUT2D eigenvalue weighted by atomic mass is 10.0. The van der Waals surface area contributed by atoms with Crippen molar-refractivity contribution >= 4 is 16.5 Å². The zero-order valence-electron chi connectivity index (χ0n) is 11.1. The Morgan fingerprint density at radius 1 is 1.25 bits per heavy atom. The van der Waals surface area contributed by atoms with Crippen molar-refractivity contribution < 1.29 is 9.84 Å². The highest BCUT2D eigenvalue weighted by atomic mass is 16.5. The highest BCUT2D eigenvalue weighted by molar-refractivity contribution is 5.97. The first-order valence-corrected chi connectivity index (χ1v) is 6.72. The quantitative estimate of drug-likeness (QED) is 0.904. The minimum atomic E-state index is -0.141. The number of rotatable bonds is 2. The molecule has 1 saturated heterocycles. The molecule has 0 aliphatic carbocycles. The van der Waals surface area contributed by atoms with Gasteiger partial charge in [-0.3, -0.25) is 0 Å². The van der Waals surface area contributed by atoms with Gasteiger partial charge < -0.3 is 14.7 Å². The molecule has 1 aliphatic rings. The Morgan fingerprint density at radius 3 is 2.80 bits per heavy atom. The molecule has 0 bridgehead atoms. The molecule has 1 atom stereocenters. The summed E-state index contributed by atoms with van der Waals surface area (Å²) < 4.78 is 5.49. The van der Waals surface area contributed by atoms with Gasteiger partial charge in [-0.1, -0.05) is 24.3 Å². The van der Waals surface area contributed by atoms with Crippen LogP contribution in [0.4, 0.5) is 5.69 Å². The molecular formula is C16H16N2O2. The first-order valence-electron chi connectivity index (χ1n) is 6.72. The highest BCUT2D eigenvalue weighted by Crippen LogP contribution is 2.30. The Hall–Kier alpha value is -2.09. The van der Waals surface area contributed by atoms with Crippen LogP contribution in [0, 0.1) is 11.3 Å². The minimum absolute atomic E-state index is 0.0325. The van der Waals surface area contributed by atoms with Crippen molar-refractivity contribution in [1.29, 1.82) is 5.26 Å². The van der Waals surface area contributed by atoms with Crippen molar-refractivity contribution in [2.45, 2.75) is 6.10 Å². The van der Waals surface area contributed by atoms with E-state index in [-0.39, 0.29) is 12.7 Å². The second-order valence-electron chi connectivity index (χ2n) is 4.91. The first kappa shape index (κ1) is 12.9. The van der Waals surface area contributed by atoms with Crippen LogP contribution < -0.4 is 4.90 Å². The molecule has 0 saturated carbocycles. The maximum atomic E-state index is 9.26. The van der Waals surface area contributed by atoms with E-state index < -0.39 is 0 Å². The molecule has 1 N–H and O–H groups in total. The lowest BCUT2D eigenvalue weighted by Crippen LogP contribution is -2.44. The van der Waals surface area contributed by atoms with Crippen LogP contribution in [0.25, 0.3) is 10.8 Å². The lowest BCUT2D eigenvalue weighted by Gasteiger charge is -2.34. The molecule has 1 aliphatic heterocycles. The van der Waals surface area contributed by atoms with Gasteiger partial charge in [0.15, 0.2) is 0 Å². The maximum absolute atomic E-state index is 9.26. The van der Waals surface area contributed by atoms with Gasteiger partial charge in [-0.25, -0.2) is 0 Å². The van der Waals surface area contributed by atoms with Gasteiger partial charge in [-0.05, 0) is 12.1 Å². The molecule has 1 unspecified atom stereocenters. The molecule has 4 heteroatoms. The molecule has 20 heavy (non-hydrogen) atoms. The normalized spacial score (nSPS) is 19.0. The van der Waals surface area contributed by atoms with Gasteiger partial charge in [0.25, 0.3) is 0 Å². The summed E-state index contributed by atoms with van der Waals surface area (Å²) in [6.45, 7) is 2.11. The molecule has 3 rings (SSSR count). The number of ether oxygens (including phenoxy) is 1. The Bertz CT molecular complexity index is 663. The van der Waals surface area contributed by atoms with Crippen LogP contribution in [-0.2, 0) is 4.74 Å². The number of aliphatic hydroxyl groups is 1. The van der Waals surface area contributed by atoms with Crippen LogP contribution in [0.2, 0.25) is 0 Å². The Morgan fingerprint density at radius 2 is 2.05 bits per heavy atom. The van der Waals surface area contributed by atoms with Crippen molar-refractivity contribution in [1.82, 2.24) is 0 Å². The molecule has 0 amide bonds. The molecule has 0 aromatic heterocycles. The van der Waals surface area contributed by atoms with Gasteiger partial charge in [0.1, 0.15) is 0 Å². The van der Waals surface area contributed by atoms with E-state index in [2.05, 4.69) is 11.0 Å². The average molecular weight is 268 g/mol. The van der Waals surface area contributed by atoms with Gasteiger partial charge in [0, 0.05) is 29.5 Å². The Balaban J connectivity index is 2.06. The molecule has 2 aromatic carbocycles. The van der Waals surface area contributed by atoms with Crippen LogP contribution >= 0.6 is 0 Å². The van der Waals surface area contributed by atoms with Crippen LogP contribution in [0.15, 0.2) is 36.4 Å².